The molecule has 7 heteroatoms. The van der Waals surface area contributed by atoms with Crippen LogP contribution in [0.15, 0.2) is 12.4 Å². The molecule has 0 amide bonds. The highest BCUT2D eigenvalue weighted by Gasteiger charge is 2.32. The van der Waals surface area contributed by atoms with Crippen LogP contribution in [0.2, 0.25) is 0 Å². The first-order valence-electron chi connectivity index (χ1n) is 11.7. The van der Waals surface area contributed by atoms with Gasteiger partial charge in [0.15, 0.2) is 11.6 Å². The van der Waals surface area contributed by atoms with Gasteiger partial charge in [-0.05, 0) is 44.9 Å². The van der Waals surface area contributed by atoms with E-state index in [1.807, 2.05) is 13.8 Å². The number of pyridine rings is 1. The molecule has 1 aliphatic carbocycles. The number of hydrogen-bond donors (Lipinski definition) is 2. The van der Waals surface area contributed by atoms with Gasteiger partial charge in [0.2, 0.25) is 0 Å². The Morgan fingerprint density at radius 2 is 1.97 bits per heavy atom. The Bertz CT molecular complexity index is 905. The van der Waals surface area contributed by atoms with Crippen molar-refractivity contribution in [3.63, 3.8) is 0 Å². The maximum Gasteiger partial charge on any atom is 0.180 e. The van der Waals surface area contributed by atoms with Crippen LogP contribution < -0.4 is 14.8 Å². The zero-order valence-electron chi connectivity index (χ0n) is 20.3. The van der Waals surface area contributed by atoms with Gasteiger partial charge in [0.1, 0.15) is 18.2 Å². The second kappa shape index (κ2) is 10.9. The van der Waals surface area contributed by atoms with E-state index >= 15 is 0 Å². The van der Waals surface area contributed by atoms with Gasteiger partial charge < -0.3 is 19.9 Å². The number of anilines is 1. The number of aryl methyl sites for hydroxylation is 1. The average Bonchev–Trinajstić information content (AvgIpc) is 3.11. The second-order valence-corrected chi connectivity index (χ2v) is 9.25. The first-order valence-corrected chi connectivity index (χ1v) is 11.7. The lowest BCUT2D eigenvalue weighted by Gasteiger charge is -2.21. The van der Waals surface area contributed by atoms with Gasteiger partial charge in [0, 0.05) is 23.2 Å². The molecule has 0 bridgehead atoms. The van der Waals surface area contributed by atoms with Gasteiger partial charge in [0.05, 0.1) is 31.6 Å². The first kappa shape index (κ1) is 24.2. The van der Waals surface area contributed by atoms with E-state index in [-0.39, 0.29) is 19.3 Å². The Labute approximate surface area is 192 Å². The van der Waals surface area contributed by atoms with E-state index in [1.165, 1.54) is 6.42 Å². The summed E-state index contributed by atoms with van der Waals surface area (Å²) in [6.07, 6.45) is 7.68. The third-order valence-corrected chi connectivity index (χ3v) is 6.54. The Balaban J connectivity index is 1.87. The molecule has 176 valence electrons. The van der Waals surface area contributed by atoms with Crippen LogP contribution in [0.1, 0.15) is 75.0 Å². The summed E-state index contributed by atoms with van der Waals surface area (Å²) in [5.41, 5.74) is 2.77. The molecule has 0 aliphatic heterocycles. The summed E-state index contributed by atoms with van der Waals surface area (Å²) in [6, 6.07) is -0.0793. The molecule has 4 atom stereocenters. The topological polar surface area (TPSA) is 89.4 Å². The summed E-state index contributed by atoms with van der Waals surface area (Å²) in [6.45, 7) is 11.0. The fourth-order valence-corrected chi connectivity index (χ4v) is 4.81. The lowest BCUT2D eigenvalue weighted by Crippen LogP contribution is -2.25. The minimum Gasteiger partial charge on any atom is -0.496 e. The maximum atomic E-state index is 9.82. The number of methoxy groups -OCH3 is 1. The molecule has 0 radical (unpaired) electrons. The number of ether oxygens (including phenoxy) is 2. The van der Waals surface area contributed by atoms with E-state index < -0.39 is 0 Å². The van der Waals surface area contributed by atoms with Crippen LogP contribution in [0.3, 0.4) is 0 Å². The van der Waals surface area contributed by atoms with Crippen molar-refractivity contribution in [1.82, 2.24) is 15.0 Å². The van der Waals surface area contributed by atoms with Gasteiger partial charge in [-0.25, -0.2) is 9.97 Å². The molecular formula is C25H38N4O3. The molecule has 1 fully saturated rings. The van der Waals surface area contributed by atoms with Gasteiger partial charge in [-0.15, -0.1) is 0 Å². The van der Waals surface area contributed by atoms with Crippen molar-refractivity contribution in [1.29, 1.82) is 0 Å². The predicted molar refractivity (Wildman–Crippen MR) is 126 cm³/mol. The third kappa shape index (κ3) is 5.49. The Morgan fingerprint density at radius 3 is 2.59 bits per heavy atom. The van der Waals surface area contributed by atoms with E-state index in [1.54, 1.807) is 19.5 Å². The van der Waals surface area contributed by atoms with Gasteiger partial charge >= 0.3 is 0 Å². The van der Waals surface area contributed by atoms with E-state index in [0.717, 1.165) is 47.7 Å². The molecule has 0 spiro atoms. The minimum absolute atomic E-state index is 0.0410. The van der Waals surface area contributed by atoms with E-state index in [2.05, 4.69) is 36.1 Å². The zero-order valence-corrected chi connectivity index (χ0v) is 20.3. The zero-order chi connectivity index (χ0) is 23.3. The highest BCUT2D eigenvalue weighted by Crippen LogP contribution is 2.42. The van der Waals surface area contributed by atoms with Crippen molar-refractivity contribution < 1.29 is 14.6 Å². The number of aromatic nitrogens is 3. The highest BCUT2D eigenvalue weighted by atomic mass is 16.5. The molecule has 2 N–H and O–H groups in total. The van der Waals surface area contributed by atoms with Crippen LogP contribution >= 0.6 is 0 Å². The standard InChI is InChI=1S/C25H38N4O3/c1-7-8-19(13-30)28-25-22(12-27-24(29-25)20-10-15(2)9-16(20)3)32-14-21-18(5)23(31-6)17(4)11-26-21/h11-12,15-16,19-20,30H,7-10,13-14H2,1-6H3,(H,27,28,29). The number of nitrogens with zero attached hydrogens (tertiary/aromatic N) is 3. The number of nitrogens with one attached hydrogen (secondary N) is 1. The molecule has 1 aliphatic rings. The van der Waals surface area contributed by atoms with Crippen molar-refractivity contribution in [3.8, 4) is 11.5 Å². The van der Waals surface area contributed by atoms with Crippen molar-refractivity contribution >= 4 is 5.82 Å². The number of rotatable bonds is 10. The van der Waals surface area contributed by atoms with Crippen LogP contribution in [-0.4, -0.2) is 39.8 Å². The van der Waals surface area contributed by atoms with Gasteiger partial charge in [0.25, 0.3) is 0 Å². The van der Waals surface area contributed by atoms with Crippen LogP contribution in [-0.2, 0) is 6.61 Å². The largest absolute Gasteiger partial charge is 0.496 e. The van der Waals surface area contributed by atoms with Crippen molar-refractivity contribution in [2.45, 2.75) is 78.9 Å². The molecule has 1 saturated carbocycles. The molecule has 2 heterocycles. The molecule has 0 saturated heterocycles. The van der Waals surface area contributed by atoms with Gasteiger partial charge in [-0.1, -0.05) is 27.2 Å². The van der Waals surface area contributed by atoms with E-state index in [9.17, 15) is 5.11 Å². The van der Waals surface area contributed by atoms with Crippen molar-refractivity contribution in [3.05, 3.63) is 35.0 Å². The lowest BCUT2D eigenvalue weighted by molar-refractivity contribution is 0.266. The summed E-state index contributed by atoms with van der Waals surface area (Å²) in [4.78, 5) is 14.1. The van der Waals surface area contributed by atoms with E-state index in [0.29, 0.717) is 29.3 Å². The molecule has 7 nitrogen and oxygen atoms in total. The summed E-state index contributed by atoms with van der Waals surface area (Å²) in [7, 11) is 1.67. The molecule has 32 heavy (non-hydrogen) atoms. The molecular weight excluding hydrogens is 404 g/mol. The molecule has 4 unspecified atom stereocenters. The second-order valence-electron chi connectivity index (χ2n) is 9.25. The summed E-state index contributed by atoms with van der Waals surface area (Å²) >= 11 is 0. The smallest absolute Gasteiger partial charge is 0.180 e. The highest BCUT2D eigenvalue weighted by molar-refractivity contribution is 5.50. The molecule has 2 aromatic rings. The Kier molecular flexibility index (Phi) is 8.29. The van der Waals surface area contributed by atoms with Crippen molar-refractivity contribution in [2.24, 2.45) is 11.8 Å². The van der Waals surface area contributed by atoms with Gasteiger partial charge in [-0.2, -0.15) is 0 Å². The van der Waals surface area contributed by atoms with E-state index in [4.69, 9.17) is 14.5 Å². The quantitative estimate of drug-likeness (QED) is 0.546. The lowest BCUT2D eigenvalue weighted by atomic mass is 9.97. The normalized spacial score (nSPS) is 21.4. The Hall–Kier alpha value is -2.41. The number of aliphatic hydroxyl groups excluding tert-OH is 1. The molecule has 2 aromatic heterocycles. The summed E-state index contributed by atoms with van der Waals surface area (Å²) in [5, 5.41) is 13.2. The SMILES string of the molecule is CCCC(CO)Nc1nc(C2CC(C)CC2C)ncc1OCc1ncc(C)c(OC)c1C. The van der Waals surface area contributed by atoms with Crippen LogP contribution in [0, 0.1) is 25.7 Å². The summed E-state index contributed by atoms with van der Waals surface area (Å²) in [5.74, 6) is 4.49. The monoisotopic (exact) mass is 442 g/mol. The molecule has 0 aromatic carbocycles. The fraction of sp³-hybridized carbons (Fsp3) is 0.640. The fourth-order valence-electron chi connectivity index (χ4n) is 4.81. The maximum absolute atomic E-state index is 9.82. The van der Waals surface area contributed by atoms with Crippen LogP contribution in [0.25, 0.3) is 0 Å². The minimum atomic E-state index is -0.0793. The van der Waals surface area contributed by atoms with Gasteiger partial charge in [-0.3, -0.25) is 4.98 Å². The first-order chi connectivity index (χ1) is 15.4. The van der Waals surface area contributed by atoms with Crippen LogP contribution in [0.4, 0.5) is 5.82 Å². The average molecular weight is 443 g/mol. The number of aliphatic hydroxyl groups is 1. The Morgan fingerprint density at radius 1 is 1.19 bits per heavy atom. The molecule has 3 rings (SSSR count). The summed E-state index contributed by atoms with van der Waals surface area (Å²) < 4.78 is 11.7. The number of hydrogen-bond acceptors (Lipinski definition) is 7. The van der Waals surface area contributed by atoms with Crippen molar-refractivity contribution in [2.75, 3.05) is 19.0 Å². The predicted octanol–water partition coefficient (Wildman–Crippen LogP) is 4.80. The van der Waals surface area contributed by atoms with Crippen LogP contribution in [0.5, 0.6) is 11.5 Å². The third-order valence-electron chi connectivity index (χ3n) is 6.54.